The zero-order valence-electron chi connectivity index (χ0n) is 14.8. The number of carbonyl (C=O) groups excluding carboxylic acids is 2. The van der Waals surface area contributed by atoms with Crippen LogP contribution in [0.1, 0.15) is 21.5 Å². The van der Waals surface area contributed by atoms with E-state index in [-0.39, 0.29) is 11.1 Å². The summed E-state index contributed by atoms with van der Waals surface area (Å²) in [5.41, 5.74) is -0.892. The molecule has 3 rings (SSSR count). The normalized spacial score (nSPS) is 15.1. The van der Waals surface area contributed by atoms with Crippen LogP contribution in [-0.4, -0.2) is 53.1 Å². The first kappa shape index (κ1) is 19.5. The van der Waals surface area contributed by atoms with Gasteiger partial charge in [-0.05, 0) is 24.3 Å². The van der Waals surface area contributed by atoms with Crippen LogP contribution in [0, 0.1) is 0 Å². The summed E-state index contributed by atoms with van der Waals surface area (Å²) >= 11 is 0. The highest BCUT2D eigenvalue weighted by molar-refractivity contribution is 6.11. The van der Waals surface area contributed by atoms with Crippen LogP contribution in [0.5, 0.6) is 0 Å². The smallest absolute Gasteiger partial charge is 0.374 e. The lowest BCUT2D eigenvalue weighted by molar-refractivity contribution is -0.137. The molecule has 0 aromatic carbocycles. The minimum absolute atomic E-state index is 0.142. The third-order valence-corrected chi connectivity index (χ3v) is 4.35. The SMILES string of the molecule is O=CC=CN1CCN(c2ncccc2C(=O)c2cncc(C(F)(F)F)c2)CC1. The molecule has 0 radical (unpaired) electrons. The number of allylic oxidation sites excluding steroid dienone is 1. The van der Waals surface area contributed by atoms with Crippen LogP contribution in [0.15, 0.2) is 49.1 Å². The Labute approximate surface area is 159 Å². The Hall–Kier alpha value is -3.23. The molecule has 1 aliphatic rings. The Kier molecular flexibility index (Phi) is 5.72. The molecule has 1 aliphatic heterocycles. The maximum Gasteiger partial charge on any atom is 0.417 e. The Morgan fingerprint density at radius 1 is 1.14 bits per heavy atom. The number of carbonyl (C=O) groups is 2. The molecule has 0 saturated carbocycles. The molecule has 0 aliphatic carbocycles. The summed E-state index contributed by atoms with van der Waals surface area (Å²) in [4.78, 5) is 35.0. The molecule has 3 heterocycles. The van der Waals surface area contributed by atoms with Gasteiger partial charge in [-0.2, -0.15) is 13.2 Å². The molecule has 1 fully saturated rings. The molecule has 2 aromatic heterocycles. The van der Waals surface area contributed by atoms with Gasteiger partial charge in [0.25, 0.3) is 0 Å². The number of aromatic nitrogens is 2. The summed E-state index contributed by atoms with van der Waals surface area (Å²) in [6, 6.07) is 3.92. The van der Waals surface area contributed by atoms with E-state index in [1.165, 1.54) is 12.3 Å². The van der Waals surface area contributed by atoms with Crippen molar-refractivity contribution in [1.82, 2.24) is 14.9 Å². The van der Waals surface area contributed by atoms with Crippen molar-refractivity contribution in [3.8, 4) is 0 Å². The predicted molar refractivity (Wildman–Crippen MR) is 95.9 cm³/mol. The highest BCUT2D eigenvalue weighted by atomic mass is 19.4. The summed E-state index contributed by atoms with van der Waals surface area (Å²) in [7, 11) is 0. The Bertz CT molecular complexity index is 891. The van der Waals surface area contributed by atoms with Gasteiger partial charge in [-0.1, -0.05) is 0 Å². The van der Waals surface area contributed by atoms with E-state index >= 15 is 0 Å². The molecule has 0 atom stereocenters. The van der Waals surface area contributed by atoms with Gasteiger partial charge < -0.3 is 9.80 Å². The van der Waals surface area contributed by atoms with Crippen molar-refractivity contribution in [1.29, 1.82) is 0 Å². The molecule has 0 bridgehead atoms. The standard InChI is InChI=1S/C19H17F3N4O2/c20-19(21,22)15-11-14(12-23-13-15)17(28)16-3-1-4-24-18(16)26-8-6-25(7-9-26)5-2-10-27/h1-5,10-13H,6-9H2. The second-order valence-corrected chi connectivity index (χ2v) is 6.16. The van der Waals surface area contributed by atoms with Gasteiger partial charge in [0.15, 0.2) is 5.78 Å². The van der Waals surface area contributed by atoms with Gasteiger partial charge in [-0.15, -0.1) is 0 Å². The number of alkyl halides is 3. The van der Waals surface area contributed by atoms with Crippen molar-refractivity contribution >= 4 is 17.9 Å². The Morgan fingerprint density at radius 2 is 1.89 bits per heavy atom. The molecular weight excluding hydrogens is 373 g/mol. The summed E-state index contributed by atoms with van der Waals surface area (Å²) in [5, 5.41) is 0. The van der Waals surface area contributed by atoms with Gasteiger partial charge >= 0.3 is 6.18 Å². The quantitative estimate of drug-likeness (QED) is 0.444. The summed E-state index contributed by atoms with van der Waals surface area (Å²) in [5.74, 6) is -0.145. The molecule has 1 saturated heterocycles. The van der Waals surface area contributed by atoms with Crippen LogP contribution in [0.4, 0.5) is 19.0 Å². The lowest BCUT2D eigenvalue weighted by Gasteiger charge is -2.35. The number of hydrogen-bond donors (Lipinski definition) is 0. The van der Waals surface area contributed by atoms with E-state index in [1.54, 1.807) is 18.3 Å². The number of pyridine rings is 2. The summed E-state index contributed by atoms with van der Waals surface area (Å²) < 4.78 is 38.8. The van der Waals surface area contributed by atoms with Crippen LogP contribution < -0.4 is 4.90 Å². The zero-order chi connectivity index (χ0) is 20.1. The second kappa shape index (κ2) is 8.20. The third-order valence-electron chi connectivity index (χ3n) is 4.35. The van der Waals surface area contributed by atoms with Crippen LogP contribution in [-0.2, 0) is 11.0 Å². The largest absolute Gasteiger partial charge is 0.417 e. The van der Waals surface area contributed by atoms with E-state index in [0.29, 0.717) is 44.5 Å². The third kappa shape index (κ3) is 4.36. The average molecular weight is 390 g/mol. The van der Waals surface area contributed by atoms with Crippen molar-refractivity contribution in [3.63, 3.8) is 0 Å². The molecule has 6 nitrogen and oxygen atoms in total. The van der Waals surface area contributed by atoms with Gasteiger partial charge in [0.05, 0.1) is 11.1 Å². The van der Waals surface area contributed by atoms with Gasteiger partial charge in [0.2, 0.25) is 0 Å². The zero-order valence-corrected chi connectivity index (χ0v) is 14.8. The molecule has 2 aromatic rings. The van der Waals surface area contributed by atoms with Crippen molar-refractivity contribution in [2.45, 2.75) is 6.18 Å². The fourth-order valence-electron chi connectivity index (χ4n) is 2.94. The van der Waals surface area contributed by atoms with E-state index in [9.17, 15) is 22.8 Å². The second-order valence-electron chi connectivity index (χ2n) is 6.16. The number of aldehydes is 1. The van der Waals surface area contributed by atoms with Gasteiger partial charge in [-0.25, -0.2) is 4.98 Å². The lowest BCUT2D eigenvalue weighted by Crippen LogP contribution is -2.45. The molecule has 0 amide bonds. The van der Waals surface area contributed by atoms with Crippen LogP contribution >= 0.6 is 0 Å². The topological polar surface area (TPSA) is 66.4 Å². The predicted octanol–water partition coefficient (Wildman–Crippen LogP) is 2.56. The number of ketones is 1. The number of rotatable bonds is 5. The van der Waals surface area contributed by atoms with Gasteiger partial charge in [0, 0.05) is 56.5 Å². The first-order chi connectivity index (χ1) is 13.4. The highest BCUT2D eigenvalue weighted by Gasteiger charge is 2.32. The van der Waals surface area contributed by atoms with Crippen molar-refractivity contribution in [2.24, 2.45) is 0 Å². The van der Waals surface area contributed by atoms with E-state index in [2.05, 4.69) is 9.97 Å². The fourth-order valence-corrected chi connectivity index (χ4v) is 2.94. The van der Waals surface area contributed by atoms with Crippen LogP contribution in [0.2, 0.25) is 0 Å². The monoisotopic (exact) mass is 390 g/mol. The molecule has 0 unspecified atom stereocenters. The maximum absolute atomic E-state index is 12.9. The maximum atomic E-state index is 12.9. The van der Waals surface area contributed by atoms with Crippen LogP contribution in [0.3, 0.4) is 0 Å². The first-order valence-corrected chi connectivity index (χ1v) is 8.53. The molecular formula is C19H17F3N4O2. The van der Waals surface area contributed by atoms with E-state index < -0.39 is 17.5 Å². The number of piperazine rings is 1. The summed E-state index contributed by atoms with van der Waals surface area (Å²) in [6.45, 7) is 2.36. The van der Waals surface area contributed by atoms with Gasteiger partial charge in [0.1, 0.15) is 12.1 Å². The first-order valence-electron chi connectivity index (χ1n) is 8.53. The molecule has 0 N–H and O–H groups in total. The fraction of sp³-hybridized carbons (Fsp3) is 0.263. The Morgan fingerprint density at radius 3 is 2.57 bits per heavy atom. The molecule has 0 spiro atoms. The average Bonchev–Trinajstić information content (AvgIpc) is 2.71. The number of halogens is 3. The van der Waals surface area contributed by atoms with E-state index in [1.807, 2.05) is 9.80 Å². The number of nitrogens with zero attached hydrogens (tertiary/aromatic N) is 4. The van der Waals surface area contributed by atoms with E-state index in [0.717, 1.165) is 12.3 Å². The molecule has 9 heteroatoms. The lowest BCUT2D eigenvalue weighted by atomic mass is 10.0. The van der Waals surface area contributed by atoms with Crippen molar-refractivity contribution < 1.29 is 22.8 Å². The van der Waals surface area contributed by atoms with E-state index in [4.69, 9.17) is 0 Å². The molecule has 146 valence electrons. The van der Waals surface area contributed by atoms with Crippen molar-refractivity contribution in [3.05, 3.63) is 65.8 Å². The minimum atomic E-state index is -4.58. The van der Waals surface area contributed by atoms with Crippen molar-refractivity contribution in [2.75, 3.05) is 31.1 Å². The minimum Gasteiger partial charge on any atom is -0.374 e. The number of anilines is 1. The molecule has 28 heavy (non-hydrogen) atoms. The van der Waals surface area contributed by atoms with Crippen LogP contribution in [0.25, 0.3) is 0 Å². The van der Waals surface area contributed by atoms with Gasteiger partial charge in [-0.3, -0.25) is 14.6 Å². The Balaban J connectivity index is 1.84. The number of hydrogen-bond acceptors (Lipinski definition) is 6. The highest BCUT2D eigenvalue weighted by Crippen LogP contribution is 2.30. The summed E-state index contributed by atoms with van der Waals surface area (Å²) in [6.07, 6.45) is 2.57.